The van der Waals surface area contributed by atoms with E-state index in [1.165, 1.54) is 6.42 Å². The molecule has 1 rings (SSSR count). The van der Waals surface area contributed by atoms with E-state index in [9.17, 15) is 0 Å². The first kappa shape index (κ1) is 4.38. The average Bonchev–Trinajstić information content (AvgIpc) is 2.19. The third-order valence-corrected chi connectivity index (χ3v) is 2.11. The first-order valence-corrected chi connectivity index (χ1v) is 3.03. The third kappa shape index (κ3) is 0.648. The summed E-state index contributed by atoms with van der Waals surface area (Å²) in [5.74, 6) is 0.782. The van der Waals surface area contributed by atoms with E-state index in [-0.39, 0.29) is 0 Å². The van der Waals surface area contributed by atoms with Crippen molar-refractivity contribution in [2.75, 3.05) is 0 Å². The number of allylic oxidation sites excluding steroid dienone is 1. The van der Waals surface area contributed by atoms with Gasteiger partial charge < -0.3 is 0 Å². The first-order valence-electron chi connectivity index (χ1n) is 2.11. The van der Waals surface area contributed by atoms with Crippen molar-refractivity contribution in [2.24, 2.45) is 5.92 Å². The van der Waals surface area contributed by atoms with E-state index in [0.29, 0.717) is 0 Å². The van der Waals surface area contributed by atoms with Crippen molar-refractivity contribution in [1.29, 1.82) is 0 Å². The molecule has 34 valence electrons. The molecular formula is C5H7Br. The Hall–Kier alpha value is 0.220. The van der Waals surface area contributed by atoms with Crippen molar-refractivity contribution >= 4 is 15.9 Å². The molecule has 1 aliphatic rings. The smallest absolute Gasteiger partial charge is 0.0214 e. The number of halogens is 1. The van der Waals surface area contributed by atoms with Gasteiger partial charge in [-0.25, -0.2) is 0 Å². The predicted molar refractivity (Wildman–Crippen MR) is 31.0 cm³/mol. The maximum absolute atomic E-state index is 3.64. The van der Waals surface area contributed by atoms with E-state index >= 15 is 0 Å². The fourth-order valence-corrected chi connectivity index (χ4v) is 1.07. The Morgan fingerprint density at radius 1 is 1.83 bits per heavy atom. The summed E-state index contributed by atoms with van der Waals surface area (Å²) in [4.78, 5) is 0.759. The van der Waals surface area contributed by atoms with Crippen LogP contribution in [0.2, 0.25) is 0 Å². The molecular weight excluding hydrogens is 140 g/mol. The van der Waals surface area contributed by atoms with Gasteiger partial charge in [0.2, 0.25) is 0 Å². The Morgan fingerprint density at radius 3 is 2.33 bits per heavy atom. The van der Waals surface area contributed by atoms with Gasteiger partial charge >= 0.3 is 0 Å². The maximum atomic E-state index is 3.64. The van der Waals surface area contributed by atoms with Gasteiger partial charge in [0.25, 0.3) is 0 Å². The summed E-state index contributed by atoms with van der Waals surface area (Å²) in [6.07, 6.45) is 3.29. The molecule has 0 amide bonds. The predicted octanol–water partition coefficient (Wildman–Crippen LogP) is 1.96. The van der Waals surface area contributed by atoms with Crippen LogP contribution in [-0.2, 0) is 0 Å². The van der Waals surface area contributed by atoms with E-state index in [1.54, 1.807) is 0 Å². The Bertz CT molecular complexity index is 68.3. The molecule has 0 aromatic rings. The molecule has 0 saturated heterocycles. The molecule has 0 bridgehead atoms. The fourth-order valence-electron chi connectivity index (χ4n) is 0.425. The van der Waals surface area contributed by atoms with E-state index < -0.39 is 0 Å². The molecule has 2 atom stereocenters. The van der Waals surface area contributed by atoms with Gasteiger partial charge in [-0.15, -0.1) is 6.58 Å². The summed E-state index contributed by atoms with van der Waals surface area (Å²) in [6, 6.07) is 0. The third-order valence-electron chi connectivity index (χ3n) is 1.06. The highest BCUT2D eigenvalue weighted by Crippen LogP contribution is 2.37. The van der Waals surface area contributed by atoms with Gasteiger partial charge in [0.1, 0.15) is 0 Å². The highest BCUT2D eigenvalue weighted by atomic mass is 79.9. The Kier molecular flexibility index (Phi) is 1.00. The zero-order valence-corrected chi connectivity index (χ0v) is 5.11. The lowest BCUT2D eigenvalue weighted by atomic mass is 10.4. The molecule has 1 aliphatic carbocycles. The SMILES string of the molecule is C=CC1CC1Br. The van der Waals surface area contributed by atoms with Gasteiger partial charge in [-0.1, -0.05) is 22.0 Å². The highest BCUT2D eigenvalue weighted by Gasteiger charge is 2.30. The summed E-state index contributed by atoms with van der Waals surface area (Å²) >= 11 is 3.44. The van der Waals surface area contributed by atoms with Gasteiger partial charge in [0, 0.05) is 4.83 Å². The summed E-state index contributed by atoms with van der Waals surface area (Å²) < 4.78 is 0. The first-order chi connectivity index (χ1) is 2.84. The lowest BCUT2D eigenvalue weighted by molar-refractivity contribution is 1.14. The van der Waals surface area contributed by atoms with Crippen molar-refractivity contribution in [3.63, 3.8) is 0 Å². The average molecular weight is 147 g/mol. The molecule has 1 heteroatoms. The topological polar surface area (TPSA) is 0 Å². The molecule has 6 heavy (non-hydrogen) atoms. The van der Waals surface area contributed by atoms with Gasteiger partial charge in [-0.2, -0.15) is 0 Å². The van der Waals surface area contributed by atoms with E-state index in [2.05, 4.69) is 22.5 Å². The van der Waals surface area contributed by atoms with Crippen LogP contribution in [0.15, 0.2) is 12.7 Å². The minimum absolute atomic E-state index is 0.759. The second kappa shape index (κ2) is 1.38. The van der Waals surface area contributed by atoms with Crippen molar-refractivity contribution < 1.29 is 0 Å². The summed E-state index contributed by atoms with van der Waals surface area (Å²) in [6.45, 7) is 3.64. The quantitative estimate of drug-likeness (QED) is 0.392. The van der Waals surface area contributed by atoms with Crippen LogP contribution in [0.4, 0.5) is 0 Å². The number of hydrogen-bond acceptors (Lipinski definition) is 0. The molecule has 0 aromatic carbocycles. The zero-order chi connectivity index (χ0) is 4.57. The molecule has 0 heterocycles. The maximum Gasteiger partial charge on any atom is 0.0214 e. The molecule has 0 aliphatic heterocycles. The summed E-state index contributed by atoms with van der Waals surface area (Å²) in [7, 11) is 0. The van der Waals surface area contributed by atoms with Gasteiger partial charge in [0.05, 0.1) is 0 Å². The number of hydrogen-bond donors (Lipinski definition) is 0. The second-order valence-electron chi connectivity index (χ2n) is 1.65. The van der Waals surface area contributed by atoms with Crippen molar-refractivity contribution in [1.82, 2.24) is 0 Å². The second-order valence-corrected chi connectivity index (χ2v) is 2.83. The van der Waals surface area contributed by atoms with Crippen molar-refractivity contribution in [3.8, 4) is 0 Å². The lowest BCUT2D eigenvalue weighted by Gasteiger charge is -1.70. The Labute approximate surface area is 46.4 Å². The molecule has 2 unspecified atom stereocenters. The van der Waals surface area contributed by atoms with E-state index in [4.69, 9.17) is 0 Å². The number of rotatable bonds is 1. The lowest BCUT2D eigenvalue weighted by Crippen LogP contribution is -1.63. The Balaban J connectivity index is 2.25. The van der Waals surface area contributed by atoms with Crippen LogP contribution >= 0.6 is 15.9 Å². The van der Waals surface area contributed by atoms with Crippen LogP contribution < -0.4 is 0 Å². The van der Waals surface area contributed by atoms with Crippen molar-refractivity contribution in [3.05, 3.63) is 12.7 Å². The number of alkyl halides is 1. The Morgan fingerprint density at radius 2 is 2.33 bits per heavy atom. The standard InChI is InChI=1S/C5H7Br/c1-2-4-3-5(4)6/h2,4-5H,1,3H2. The molecule has 0 spiro atoms. The highest BCUT2D eigenvalue weighted by molar-refractivity contribution is 9.09. The van der Waals surface area contributed by atoms with Crippen LogP contribution in [0, 0.1) is 5.92 Å². The van der Waals surface area contributed by atoms with Crippen LogP contribution in [0.3, 0.4) is 0 Å². The molecule has 0 radical (unpaired) electrons. The van der Waals surface area contributed by atoms with Crippen LogP contribution in [-0.4, -0.2) is 4.83 Å². The minimum Gasteiger partial charge on any atom is -0.103 e. The molecule has 0 nitrogen and oxygen atoms in total. The van der Waals surface area contributed by atoms with Crippen molar-refractivity contribution in [2.45, 2.75) is 11.2 Å². The molecule has 0 N–H and O–H groups in total. The largest absolute Gasteiger partial charge is 0.103 e. The summed E-state index contributed by atoms with van der Waals surface area (Å²) in [5.41, 5.74) is 0. The fraction of sp³-hybridized carbons (Fsp3) is 0.600. The van der Waals surface area contributed by atoms with Crippen LogP contribution in [0.25, 0.3) is 0 Å². The van der Waals surface area contributed by atoms with E-state index in [0.717, 1.165) is 10.7 Å². The molecule has 1 fully saturated rings. The molecule has 1 saturated carbocycles. The zero-order valence-electron chi connectivity index (χ0n) is 3.52. The van der Waals surface area contributed by atoms with Gasteiger partial charge in [0.15, 0.2) is 0 Å². The summed E-state index contributed by atoms with van der Waals surface area (Å²) in [5, 5.41) is 0. The minimum atomic E-state index is 0.759. The van der Waals surface area contributed by atoms with Gasteiger partial charge in [-0.05, 0) is 12.3 Å². The van der Waals surface area contributed by atoms with Crippen LogP contribution in [0.1, 0.15) is 6.42 Å². The van der Waals surface area contributed by atoms with E-state index in [1.807, 2.05) is 6.08 Å². The monoisotopic (exact) mass is 146 g/mol. The van der Waals surface area contributed by atoms with Crippen LogP contribution in [0.5, 0.6) is 0 Å². The molecule has 0 aromatic heterocycles. The normalized spacial score (nSPS) is 42.2. The van der Waals surface area contributed by atoms with Gasteiger partial charge in [-0.3, -0.25) is 0 Å².